The molecule has 0 bridgehead atoms. The van der Waals surface area contributed by atoms with Crippen molar-refractivity contribution in [3.63, 3.8) is 0 Å². The molecule has 0 spiro atoms. The number of halogens is 1. The Hall–Kier alpha value is -2.69. The number of rotatable bonds is 8. The number of nitro benzene ring substituents is 1. The summed E-state index contributed by atoms with van der Waals surface area (Å²) in [5.41, 5.74) is 0.775. The first-order valence-corrected chi connectivity index (χ1v) is 10.1. The molecule has 2 aromatic carbocycles. The average Bonchev–Trinajstić information content (AvgIpc) is 3.13. The molecule has 0 aliphatic rings. The van der Waals surface area contributed by atoms with Crippen LogP contribution in [0.5, 0.6) is 5.75 Å². The monoisotopic (exact) mass is 436 g/mol. The largest absolute Gasteiger partial charge is 0.477 e. The summed E-state index contributed by atoms with van der Waals surface area (Å²) in [7, 11) is 0. The van der Waals surface area contributed by atoms with E-state index >= 15 is 0 Å². The molecule has 0 saturated heterocycles. The Labute approximate surface area is 173 Å². The van der Waals surface area contributed by atoms with Crippen LogP contribution in [-0.2, 0) is 10.5 Å². The number of nitro groups is 1. The summed E-state index contributed by atoms with van der Waals surface area (Å²) in [4.78, 5) is 22.4. The van der Waals surface area contributed by atoms with Crippen LogP contribution in [0.3, 0.4) is 0 Å². The van der Waals surface area contributed by atoms with Gasteiger partial charge in [-0.3, -0.25) is 20.2 Å². The van der Waals surface area contributed by atoms with Crippen molar-refractivity contribution in [3.8, 4) is 5.75 Å². The predicted octanol–water partition coefficient (Wildman–Crippen LogP) is 4.41. The van der Waals surface area contributed by atoms with Crippen LogP contribution >= 0.6 is 34.7 Å². The van der Waals surface area contributed by atoms with Crippen molar-refractivity contribution in [3.05, 3.63) is 69.2 Å². The summed E-state index contributed by atoms with van der Waals surface area (Å²) < 4.78 is 5.92. The molecule has 0 saturated carbocycles. The van der Waals surface area contributed by atoms with Crippen molar-refractivity contribution in [2.24, 2.45) is 0 Å². The number of thioether (sulfide) groups is 1. The zero-order valence-corrected chi connectivity index (χ0v) is 16.6. The second kappa shape index (κ2) is 9.49. The molecule has 0 fully saturated rings. The van der Waals surface area contributed by atoms with Crippen molar-refractivity contribution in [2.75, 3.05) is 11.9 Å². The number of amides is 1. The van der Waals surface area contributed by atoms with Gasteiger partial charge in [-0.2, -0.15) is 0 Å². The van der Waals surface area contributed by atoms with Gasteiger partial charge in [0.2, 0.25) is 5.13 Å². The summed E-state index contributed by atoms with van der Waals surface area (Å²) in [6.45, 7) is -0.382. The van der Waals surface area contributed by atoms with E-state index in [1.165, 1.54) is 41.3 Å². The van der Waals surface area contributed by atoms with Crippen molar-refractivity contribution >= 4 is 51.4 Å². The summed E-state index contributed by atoms with van der Waals surface area (Å²) in [5, 5.41) is 22.4. The molecular weight excluding hydrogens is 424 g/mol. The minimum Gasteiger partial charge on any atom is -0.477 e. The Balaban J connectivity index is 1.51. The Morgan fingerprint density at radius 3 is 2.75 bits per heavy atom. The van der Waals surface area contributed by atoms with Crippen LogP contribution in [0.2, 0.25) is 5.02 Å². The molecule has 3 rings (SSSR count). The molecule has 1 heterocycles. The van der Waals surface area contributed by atoms with Crippen molar-refractivity contribution in [2.45, 2.75) is 10.1 Å². The standard InChI is InChI=1S/C17H13ClN4O4S2/c18-12-6-2-1-5-11(12)10-27-17-21-20-16(28-17)19-15(23)9-26-14-8-4-3-7-13(14)22(24)25/h1-8H,9-10H2,(H,19,20,23). The molecular formula is C17H13ClN4O4S2. The summed E-state index contributed by atoms with van der Waals surface area (Å²) in [6, 6.07) is 13.4. The Bertz CT molecular complexity index is 999. The SMILES string of the molecule is O=C(COc1ccccc1[N+](=O)[O-])Nc1nnc(SCc2ccccc2Cl)s1. The highest BCUT2D eigenvalue weighted by Crippen LogP contribution is 2.30. The molecule has 144 valence electrons. The van der Waals surface area contributed by atoms with Gasteiger partial charge in [-0.05, 0) is 17.7 Å². The Morgan fingerprint density at radius 1 is 1.21 bits per heavy atom. The quantitative estimate of drug-likeness (QED) is 0.241. The van der Waals surface area contributed by atoms with Crippen LogP contribution in [0.1, 0.15) is 5.56 Å². The van der Waals surface area contributed by atoms with E-state index in [0.29, 0.717) is 20.2 Å². The molecule has 3 aromatic rings. The predicted molar refractivity (Wildman–Crippen MR) is 108 cm³/mol. The Morgan fingerprint density at radius 2 is 1.96 bits per heavy atom. The first-order valence-electron chi connectivity index (χ1n) is 7.88. The number of hydrogen-bond donors (Lipinski definition) is 1. The van der Waals surface area contributed by atoms with Crippen LogP contribution in [0, 0.1) is 10.1 Å². The van der Waals surface area contributed by atoms with Gasteiger partial charge in [0.05, 0.1) is 4.92 Å². The molecule has 0 radical (unpaired) electrons. The number of carbonyl (C=O) groups excluding carboxylic acids is 1. The second-order valence-corrected chi connectivity index (χ2v) is 7.92. The first-order chi connectivity index (χ1) is 13.5. The number of ether oxygens (including phenoxy) is 1. The van der Waals surface area contributed by atoms with Crippen LogP contribution in [0.25, 0.3) is 0 Å². The van der Waals surface area contributed by atoms with Gasteiger partial charge >= 0.3 is 5.69 Å². The smallest absolute Gasteiger partial charge is 0.310 e. The van der Waals surface area contributed by atoms with E-state index in [-0.39, 0.29) is 18.0 Å². The maximum atomic E-state index is 12.0. The zero-order chi connectivity index (χ0) is 19.9. The number of anilines is 1. The summed E-state index contributed by atoms with van der Waals surface area (Å²) >= 11 is 8.79. The number of benzene rings is 2. The maximum absolute atomic E-state index is 12.0. The molecule has 11 heteroatoms. The third kappa shape index (κ3) is 5.41. The van der Waals surface area contributed by atoms with E-state index in [2.05, 4.69) is 15.5 Å². The van der Waals surface area contributed by atoms with Crippen LogP contribution < -0.4 is 10.1 Å². The van der Waals surface area contributed by atoms with Gasteiger partial charge < -0.3 is 4.74 Å². The van der Waals surface area contributed by atoms with Gasteiger partial charge in [0.25, 0.3) is 5.91 Å². The number of aromatic nitrogens is 2. The lowest BCUT2D eigenvalue weighted by atomic mass is 10.2. The molecule has 28 heavy (non-hydrogen) atoms. The molecule has 1 amide bonds. The fourth-order valence-electron chi connectivity index (χ4n) is 2.10. The normalized spacial score (nSPS) is 10.5. The minimum atomic E-state index is -0.569. The molecule has 8 nitrogen and oxygen atoms in total. The molecule has 0 aliphatic heterocycles. The van der Waals surface area contributed by atoms with E-state index in [1.54, 1.807) is 6.07 Å². The number of nitrogens with zero attached hydrogens (tertiary/aromatic N) is 3. The van der Waals surface area contributed by atoms with E-state index in [0.717, 1.165) is 5.56 Å². The third-order valence-corrected chi connectivity index (χ3v) is 5.77. The molecule has 1 aromatic heterocycles. The van der Waals surface area contributed by atoms with Gasteiger partial charge in [-0.25, -0.2) is 0 Å². The van der Waals surface area contributed by atoms with E-state index in [1.807, 2.05) is 24.3 Å². The highest BCUT2D eigenvalue weighted by Gasteiger charge is 2.16. The topological polar surface area (TPSA) is 107 Å². The highest BCUT2D eigenvalue weighted by molar-refractivity contribution is 8.00. The van der Waals surface area contributed by atoms with Gasteiger partial charge in [0, 0.05) is 16.8 Å². The van der Waals surface area contributed by atoms with Gasteiger partial charge in [0.15, 0.2) is 16.7 Å². The minimum absolute atomic E-state index is 0.0240. The van der Waals surface area contributed by atoms with Crippen LogP contribution in [0.15, 0.2) is 52.9 Å². The second-order valence-electron chi connectivity index (χ2n) is 5.31. The average molecular weight is 437 g/mol. The fourth-order valence-corrected chi connectivity index (χ4v) is 4.16. The lowest BCUT2D eigenvalue weighted by Crippen LogP contribution is -2.20. The van der Waals surface area contributed by atoms with Gasteiger partial charge in [-0.15, -0.1) is 10.2 Å². The van der Waals surface area contributed by atoms with Crippen molar-refractivity contribution < 1.29 is 14.5 Å². The fraction of sp³-hybridized carbons (Fsp3) is 0.118. The molecule has 0 aliphatic carbocycles. The molecule has 0 unspecified atom stereocenters. The van der Waals surface area contributed by atoms with Crippen molar-refractivity contribution in [1.82, 2.24) is 10.2 Å². The van der Waals surface area contributed by atoms with E-state index < -0.39 is 10.8 Å². The highest BCUT2D eigenvalue weighted by atomic mass is 35.5. The van der Waals surface area contributed by atoms with Crippen LogP contribution in [0.4, 0.5) is 10.8 Å². The summed E-state index contributed by atoms with van der Waals surface area (Å²) in [5.74, 6) is 0.163. The number of nitrogens with one attached hydrogen (secondary N) is 1. The van der Waals surface area contributed by atoms with Gasteiger partial charge in [-0.1, -0.05) is 65.0 Å². The van der Waals surface area contributed by atoms with Gasteiger partial charge in [0.1, 0.15) is 0 Å². The Kier molecular flexibility index (Phi) is 6.80. The maximum Gasteiger partial charge on any atom is 0.310 e. The van der Waals surface area contributed by atoms with E-state index in [4.69, 9.17) is 16.3 Å². The molecule has 0 atom stereocenters. The third-order valence-electron chi connectivity index (χ3n) is 3.38. The number of para-hydroxylation sites is 2. The number of carbonyl (C=O) groups is 1. The van der Waals surface area contributed by atoms with E-state index in [9.17, 15) is 14.9 Å². The first kappa shape index (κ1) is 20.1. The lowest BCUT2D eigenvalue weighted by Gasteiger charge is -2.05. The summed E-state index contributed by atoms with van der Waals surface area (Å²) in [6.07, 6.45) is 0. The zero-order valence-electron chi connectivity index (χ0n) is 14.2. The number of hydrogen-bond acceptors (Lipinski definition) is 8. The molecule has 1 N–H and O–H groups in total. The van der Waals surface area contributed by atoms with Crippen molar-refractivity contribution in [1.29, 1.82) is 0 Å². The van der Waals surface area contributed by atoms with Crippen LogP contribution in [-0.4, -0.2) is 27.6 Å². The lowest BCUT2D eigenvalue weighted by molar-refractivity contribution is -0.385.